The van der Waals surface area contributed by atoms with Crippen LogP contribution in [0, 0.1) is 45.3 Å². The van der Waals surface area contributed by atoms with Gasteiger partial charge in [-0.1, -0.05) is 6.92 Å². The number of nitrogens with two attached hydrogens (primary N) is 1. The Bertz CT molecular complexity index is 634. The Morgan fingerprint density at radius 2 is 1.67 bits per heavy atom. The zero-order valence-corrected chi connectivity index (χ0v) is 9.60. The van der Waals surface area contributed by atoms with E-state index < -0.39 is 5.92 Å². The summed E-state index contributed by atoms with van der Waals surface area (Å²) in [5.41, 5.74) is 6.18. The van der Waals surface area contributed by atoms with Gasteiger partial charge in [-0.25, -0.2) is 0 Å². The third kappa shape index (κ3) is 1.92. The summed E-state index contributed by atoms with van der Waals surface area (Å²) in [7, 11) is 0. The Morgan fingerprint density at radius 3 is 2.06 bits per heavy atom. The highest BCUT2D eigenvalue weighted by atomic mass is 14.8. The summed E-state index contributed by atoms with van der Waals surface area (Å²) in [5.74, 6) is -1.17. The normalized spacial score (nSPS) is 9.00. The van der Waals surface area contributed by atoms with Crippen LogP contribution in [0.1, 0.15) is 35.4 Å². The van der Waals surface area contributed by atoms with Gasteiger partial charge in [-0.05, 0) is 6.42 Å². The van der Waals surface area contributed by atoms with Crippen LogP contribution < -0.4 is 5.73 Å². The lowest BCUT2D eigenvalue weighted by Crippen LogP contribution is -2.10. The number of aromatic nitrogens is 1. The monoisotopic (exact) mass is 236 g/mol. The first-order chi connectivity index (χ1) is 8.64. The SMILES string of the molecule is CCc1nc(C(C#N)C#N)c(C#N)c(N)c1C#N. The molecule has 0 spiro atoms. The summed E-state index contributed by atoms with van der Waals surface area (Å²) in [5, 5.41) is 35.7. The summed E-state index contributed by atoms with van der Waals surface area (Å²) < 4.78 is 0. The van der Waals surface area contributed by atoms with Gasteiger partial charge in [0.2, 0.25) is 0 Å². The van der Waals surface area contributed by atoms with Crippen molar-refractivity contribution >= 4 is 5.69 Å². The molecule has 0 aliphatic carbocycles. The quantitative estimate of drug-likeness (QED) is 0.816. The van der Waals surface area contributed by atoms with Crippen molar-refractivity contribution in [2.24, 2.45) is 0 Å². The van der Waals surface area contributed by atoms with E-state index in [-0.39, 0.29) is 22.5 Å². The lowest BCUT2D eigenvalue weighted by molar-refractivity contribution is 0.934. The molecule has 0 saturated carbocycles. The van der Waals surface area contributed by atoms with E-state index in [4.69, 9.17) is 26.8 Å². The standard InChI is InChI=1S/C12H8N6/c1-2-10-8(5-15)11(17)9(6-16)12(18-10)7(3-13)4-14/h7H,2H2,1H3,(H2,17,18). The molecule has 0 aromatic carbocycles. The molecule has 86 valence electrons. The van der Waals surface area contributed by atoms with Crippen LogP contribution in [0.5, 0.6) is 0 Å². The molecule has 1 aromatic heterocycles. The molecule has 2 N–H and O–H groups in total. The molecule has 0 unspecified atom stereocenters. The predicted octanol–water partition coefficient (Wildman–Crippen LogP) is 1.10. The van der Waals surface area contributed by atoms with Crippen LogP contribution in [0.25, 0.3) is 0 Å². The van der Waals surface area contributed by atoms with E-state index >= 15 is 0 Å². The minimum atomic E-state index is -1.17. The minimum absolute atomic E-state index is 0.0163. The van der Waals surface area contributed by atoms with Crippen molar-refractivity contribution < 1.29 is 0 Å². The third-order valence-corrected chi connectivity index (χ3v) is 2.43. The predicted molar refractivity (Wildman–Crippen MR) is 61.4 cm³/mol. The van der Waals surface area contributed by atoms with Gasteiger partial charge in [0.1, 0.15) is 17.7 Å². The fraction of sp³-hybridized carbons (Fsp3) is 0.250. The summed E-state index contributed by atoms with van der Waals surface area (Å²) in [6, 6.07) is 7.18. The Kier molecular flexibility index (Phi) is 3.82. The van der Waals surface area contributed by atoms with Crippen molar-refractivity contribution in [2.75, 3.05) is 5.73 Å². The Balaban J connectivity index is 3.73. The zero-order chi connectivity index (χ0) is 13.7. The molecule has 1 rings (SSSR count). The molecule has 0 amide bonds. The zero-order valence-electron chi connectivity index (χ0n) is 9.60. The molecule has 0 atom stereocenters. The molecule has 18 heavy (non-hydrogen) atoms. The number of hydrogen-bond acceptors (Lipinski definition) is 6. The van der Waals surface area contributed by atoms with Gasteiger partial charge in [0.15, 0.2) is 5.92 Å². The van der Waals surface area contributed by atoms with Gasteiger partial charge in [0, 0.05) is 0 Å². The summed E-state index contributed by atoms with van der Waals surface area (Å²) in [6.45, 7) is 1.77. The molecule has 1 aromatic rings. The van der Waals surface area contributed by atoms with Crippen LogP contribution in [0.3, 0.4) is 0 Å². The number of nitrogen functional groups attached to an aromatic ring is 1. The molecule has 0 saturated heterocycles. The highest BCUT2D eigenvalue weighted by Gasteiger charge is 2.22. The van der Waals surface area contributed by atoms with E-state index in [0.717, 1.165) is 0 Å². The van der Waals surface area contributed by atoms with Gasteiger partial charge in [-0.15, -0.1) is 0 Å². The number of pyridine rings is 1. The van der Waals surface area contributed by atoms with E-state index in [2.05, 4.69) is 4.98 Å². The maximum atomic E-state index is 9.02. The van der Waals surface area contributed by atoms with Crippen molar-refractivity contribution in [1.29, 1.82) is 21.0 Å². The Morgan fingerprint density at radius 1 is 1.11 bits per heavy atom. The van der Waals surface area contributed by atoms with E-state index in [1.165, 1.54) is 0 Å². The number of rotatable bonds is 2. The molecule has 0 aliphatic rings. The van der Waals surface area contributed by atoms with Crippen LogP contribution in [0.15, 0.2) is 0 Å². The average molecular weight is 236 g/mol. The lowest BCUT2D eigenvalue weighted by atomic mass is 9.97. The van der Waals surface area contributed by atoms with Crippen LogP contribution in [0.4, 0.5) is 5.69 Å². The van der Waals surface area contributed by atoms with E-state index in [1.54, 1.807) is 25.1 Å². The highest BCUT2D eigenvalue weighted by Crippen LogP contribution is 2.27. The van der Waals surface area contributed by atoms with Crippen molar-refractivity contribution in [3.8, 4) is 24.3 Å². The fourth-order valence-corrected chi connectivity index (χ4v) is 1.53. The van der Waals surface area contributed by atoms with E-state index in [9.17, 15) is 0 Å². The minimum Gasteiger partial charge on any atom is -0.396 e. The maximum absolute atomic E-state index is 9.02. The van der Waals surface area contributed by atoms with E-state index in [1.807, 2.05) is 6.07 Å². The highest BCUT2D eigenvalue weighted by molar-refractivity contribution is 5.67. The number of nitrogens with zero attached hydrogens (tertiary/aromatic N) is 5. The maximum Gasteiger partial charge on any atom is 0.176 e. The molecule has 6 heteroatoms. The fourth-order valence-electron chi connectivity index (χ4n) is 1.53. The van der Waals surface area contributed by atoms with Crippen LogP contribution in [-0.4, -0.2) is 4.98 Å². The Hall–Kier alpha value is -3.09. The smallest absolute Gasteiger partial charge is 0.176 e. The first-order valence-electron chi connectivity index (χ1n) is 5.06. The van der Waals surface area contributed by atoms with Crippen molar-refractivity contribution in [1.82, 2.24) is 4.98 Å². The van der Waals surface area contributed by atoms with Crippen molar-refractivity contribution in [3.63, 3.8) is 0 Å². The van der Waals surface area contributed by atoms with Crippen molar-refractivity contribution in [3.05, 3.63) is 22.5 Å². The van der Waals surface area contributed by atoms with Gasteiger partial charge < -0.3 is 5.73 Å². The van der Waals surface area contributed by atoms with E-state index in [0.29, 0.717) is 12.1 Å². The van der Waals surface area contributed by atoms with Gasteiger partial charge >= 0.3 is 0 Å². The molecule has 0 aliphatic heterocycles. The van der Waals surface area contributed by atoms with Gasteiger partial charge in [0.05, 0.1) is 34.8 Å². The third-order valence-electron chi connectivity index (χ3n) is 2.43. The second-order valence-electron chi connectivity index (χ2n) is 3.38. The summed E-state index contributed by atoms with van der Waals surface area (Å²) in [6.07, 6.45) is 0.426. The topological polar surface area (TPSA) is 134 Å². The molecular formula is C12H8N6. The van der Waals surface area contributed by atoms with Gasteiger partial charge in [-0.2, -0.15) is 21.0 Å². The molecule has 0 radical (unpaired) electrons. The summed E-state index contributed by atoms with van der Waals surface area (Å²) in [4.78, 5) is 4.07. The van der Waals surface area contributed by atoms with Crippen LogP contribution >= 0.6 is 0 Å². The largest absolute Gasteiger partial charge is 0.396 e. The lowest BCUT2D eigenvalue weighted by Gasteiger charge is -2.10. The first kappa shape index (κ1) is 13.0. The number of aryl methyl sites for hydroxylation is 1. The van der Waals surface area contributed by atoms with Crippen LogP contribution in [0.2, 0.25) is 0 Å². The molecule has 6 nitrogen and oxygen atoms in total. The van der Waals surface area contributed by atoms with Crippen molar-refractivity contribution in [2.45, 2.75) is 19.3 Å². The molecule has 1 heterocycles. The molecule has 0 bridgehead atoms. The number of anilines is 1. The van der Waals surface area contributed by atoms with Gasteiger partial charge in [0.25, 0.3) is 0 Å². The second kappa shape index (κ2) is 5.30. The molecular weight excluding hydrogens is 228 g/mol. The summed E-state index contributed by atoms with van der Waals surface area (Å²) >= 11 is 0. The number of hydrogen-bond donors (Lipinski definition) is 1. The van der Waals surface area contributed by atoms with Crippen LogP contribution in [-0.2, 0) is 6.42 Å². The van der Waals surface area contributed by atoms with Gasteiger partial charge in [-0.3, -0.25) is 4.98 Å². The Labute approximate surface area is 104 Å². The molecule has 0 fully saturated rings. The second-order valence-corrected chi connectivity index (χ2v) is 3.38. The first-order valence-corrected chi connectivity index (χ1v) is 5.06. The average Bonchev–Trinajstić information content (AvgIpc) is 2.39. The number of nitriles is 4.